The molecule has 0 saturated carbocycles. The minimum atomic E-state index is -0.289. The Labute approximate surface area is 75.9 Å². The highest BCUT2D eigenvalue weighted by Gasteiger charge is 2.16. The minimum Gasteiger partial charge on any atom is -0.416 e. The monoisotopic (exact) mass is 187 g/mol. The number of thioether (sulfide) groups is 1. The first kappa shape index (κ1) is 9.54. The van der Waals surface area contributed by atoms with Gasteiger partial charge in [0.2, 0.25) is 5.89 Å². The summed E-state index contributed by atoms with van der Waals surface area (Å²) in [6.45, 7) is 3.85. The van der Waals surface area contributed by atoms with Crippen LogP contribution in [0.4, 0.5) is 0 Å². The van der Waals surface area contributed by atoms with E-state index in [0.717, 1.165) is 0 Å². The van der Waals surface area contributed by atoms with Crippen molar-refractivity contribution in [1.29, 1.82) is 0 Å². The van der Waals surface area contributed by atoms with Gasteiger partial charge in [0, 0.05) is 12.0 Å². The molecule has 0 spiro atoms. The molecule has 0 aromatic carbocycles. The van der Waals surface area contributed by atoms with E-state index in [0.29, 0.717) is 17.5 Å². The average Bonchev–Trinajstić information content (AvgIpc) is 2.32. The highest BCUT2D eigenvalue weighted by molar-refractivity contribution is 7.98. The smallest absolute Gasteiger partial charge is 0.276 e. The molecule has 0 aliphatic carbocycles. The molecule has 1 rings (SSSR count). The third-order valence-corrected chi connectivity index (χ3v) is 1.74. The Hall–Kier alpha value is -0.550. The number of hydrogen-bond acceptors (Lipinski definition) is 5. The van der Waals surface area contributed by atoms with Crippen molar-refractivity contribution in [2.24, 2.45) is 5.73 Å². The molecule has 0 bridgehead atoms. The van der Waals surface area contributed by atoms with Crippen LogP contribution < -0.4 is 5.73 Å². The van der Waals surface area contributed by atoms with Gasteiger partial charge in [-0.1, -0.05) is 11.8 Å². The second-order valence-electron chi connectivity index (χ2n) is 3.33. The van der Waals surface area contributed by atoms with Crippen molar-refractivity contribution in [2.75, 3.05) is 6.26 Å². The van der Waals surface area contributed by atoms with Gasteiger partial charge in [0.1, 0.15) is 0 Å². The average molecular weight is 187 g/mol. The summed E-state index contributed by atoms with van der Waals surface area (Å²) in [6, 6.07) is 0. The Balaban J connectivity index is 2.64. The first-order valence-electron chi connectivity index (χ1n) is 3.66. The van der Waals surface area contributed by atoms with Gasteiger partial charge >= 0.3 is 0 Å². The molecule has 68 valence electrons. The Morgan fingerprint density at radius 1 is 1.50 bits per heavy atom. The van der Waals surface area contributed by atoms with Crippen LogP contribution in [0.25, 0.3) is 0 Å². The SMILES string of the molecule is CSc1nnc(CC(C)(C)N)o1. The van der Waals surface area contributed by atoms with E-state index in [1.165, 1.54) is 11.8 Å². The molecule has 0 radical (unpaired) electrons. The van der Waals surface area contributed by atoms with Crippen LogP contribution in [-0.2, 0) is 6.42 Å². The van der Waals surface area contributed by atoms with Crippen molar-refractivity contribution >= 4 is 11.8 Å². The third-order valence-electron chi connectivity index (χ3n) is 1.23. The van der Waals surface area contributed by atoms with E-state index < -0.39 is 0 Å². The molecule has 0 aliphatic heterocycles. The second-order valence-corrected chi connectivity index (χ2v) is 4.09. The zero-order chi connectivity index (χ0) is 9.19. The van der Waals surface area contributed by atoms with Crippen molar-refractivity contribution < 1.29 is 4.42 Å². The van der Waals surface area contributed by atoms with E-state index in [9.17, 15) is 0 Å². The predicted octanol–water partition coefficient (Wildman–Crippen LogP) is 1.07. The van der Waals surface area contributed by atoms with Gasteiger partial charge in [-0.3, -0.25) is 0 Å². The van der Waals surface area contributed by atoms with E-state index in [1.54, 1.807) is 0 Å². The summed E-state index contributed by atoms with van der Waals surface area (Å²) in [5, 5.41) is 8.26. The molecular formula is C7H13N3OS. The number of aromatic nitrogens is 2. The zero-order valence-electron chi connectivity index (χ0n) is 7.50. The molecule has 1 heterocycles. The molecule has 0 fully saturated rings. The van der Waals surface area contributed by atoms with Crippen molar-refractivity contribution in [3.63, 3.8) is 0 Å². The first-order valence-corrected chi connectivity index (χ1v) is 4.89. The molecule has 0 saturated heterocycles. The van der Waals surface area contributed by atoms with Crippen LogP contribution in [0, 0.1) is 0 Å². The van der Waals surface area contributed by atoms with Gasteiger partial charge in [0.15, 0.2) is 0 Å². The normalized spacial score (nSPS) is 12.0. The molecule has 5 heteroatoms. The van der Waals surface area contributed by atoms with Crippen molar-refractivity contribution in [3.05, 3.63) is 5.89 Å². The fourth-order valence-electron chi connectivity index (χ4n) is 0.782. The number of hydrogen-bond donors (Lipinski definition) is 1. The predicted molar refractivity (Wildman–Crippen MR) is 48.0 cm³/mol. The molecule has 0 unspecified atom stereocenters. The lowest BCUT2D eigenvalue weighted by molar-refractivity contribution is 0.375. The van der Waals surface area contributed by atoms with Gasteiger partial charge in [-0.2, -0.15) is 0 Å². The maximum atomic E-state index is 5.78. The highest BCUT2D eigenvalue weighted by atomic mass is 32.2. The number of nitrogens with two attached hydrogens (primary N) is 1. The molecule has 4 nitrogen and oxygen atoms in total. The van der Waals surface area contributed by atoms with Crippen LogP contribution in [0.1, 0.15) is 19.7 Å². The Morgan fingerprint density at radius 3 is 2.58 bits per heavy atom. The van der Waals surface area contributed by atoms with E-state index in [4.69, 9.17) is 10.2 Å². The summed E-state index contributed by atoms with van der Waals surface area (Å²) in [4.78, 5) is 0. The van der Waals surface area contributed by atoms with E-state index in [1.807, 2.05) is 20.1 Å². The van der Waals surface area contributed by atoms with E-state index in [2.05, 4.69) is 10.2 Å². The first-order chi connectivity index (χ1) is 5.51. The Morgan fingerprint density at radius 2 is 2.17 bits per heavy atom. The summed E-state index contributed by atoms with van der Waals surface area (Å²) in [6.07, 6.45) is 2.51. The van der Waals surface area contributed by atoms with Gasteiger partial charge in [0.05, 0.1) is 0 Å². The lowest BCUT2D eigenvalue weighted by atomic mass is 10.0. The fraction of sp³-hybridized carbons (Fsp3) is 0.714. The molecule has 1 aromatic heterocycles. The quantitative estimate of drug-likeness (QED) is 0.717. The summed E-state index contributed by atoms with van der Waals surface area (Å²) in [5.74, 6) is 0.604. The van der Waals surface area contributed by atoms with Gasteiger partial charge in [-0.05, 0) is 20.1 Å². The van der Waals surface area contributed by atoms with E-state index >= 15 is 0 Å². The second kappa shape index (κ2) is 3.45. The topological polar surface area (TPSA) is 64.9 Å². The summed E-state index contributed by atoms with van der Waals surface area (Å²) >= 11 is 1.43. The Bertz CT molecular complexity index is 253. The maximum absolute atomic E-state index is 5.78. The van der Waals surface area contributed by atoms with Crippen LogP contribution in [-0.4, -0.2) is 22.0 Å². The number of rotatable bonds is 3. The van der Waals surface area contributed by atoms with Gasteiger partial charge in [-0.15, -0.1) is 10.2 Å². The lowest BCUT2D eigenvalue weighted by Gasteiger charge is -2.14. The molecule has 0 aliphatic rings. The number of nitrogens with zero attached hydrogens (tertiary/aromatic N) is 2. The maximum Gasteiger partial charge on any atom is 0.276 e. The van der Waals surface area contributed by atoms with Crippen LogP contribution in [0.15, 0.2) is 9.64 Å². The van der Waals surface area contributed by atoms with E-state index in [-0.39, 0.29) is 5.54 Å². The van der Waals surface area contributed by atoms with Crippen molar-refractivity contribution in [1.82, 2.24) is 10.2 Å². The summed E-state index contributed by atoms with van der Waals surface area (Å²) in [7, 11) is 0. The molecule has 1 aromatic rings. The molecule has 12 heavy (non-hydrogen) atoms. The lowest BCUT2D eigenvalue weighted by Crippen LogP contribution is -2.34. The molecular weight excluding hydrogens is 174 g/mol. The van der Waals surface area contributed by atoms with Gasteiger partial charge in [-0.25, -0.2) is 0 Å². The van der Waals surface area contributed by atoms with Crippen LogP contribution >= 0.6 is 11.8 Å². The largest absolute Gasteiger partial charge is 0.416 e. The minimum absolute atomic E-state index is 0.289. The molecule has 0 atom stereocenters. The standard InChI is InChI=1S/C7H13N3OS/c1-7(2,8)4-5-9-10-6(11-5)12-3/h4,8H2,1-3H3. The highest BCUT2D eigenvalue weighted by Crippen LogP contribution is 2.14. The molecule has 2 N–H and O–H groups in total. The van der Waals surface area contributed by atoms with Crippen LogP contribution in [0.5, 0.6) is 0 Å². The summed E-state index contributed by atoms with van der Waals surface area (Å²) in [5.41, 5.74) is 5.49. The van der Waals surface area contributed by atoms with Gasteiger partial charge in [0.25, 0.3) is 5.22 Å². The third kappa shape index (κ3) is 2.83. The van der Waals surface area contributed by atoms with Crippen LogP contribution in [0.2, 0.25) is 0 Å². The Kier molecular flexibility index (Phi) is 2.74. The molecule has 0 amide bonds. The fourth-order valence-corrected chi connectivity index (χ4v) is 1.08. The zero-order valence-corrected chi connectivity index (χ0v) is 8.31. The van der Waals surface area contributed by atoms with Crippen molar-refractivity contribution in [2.45, 2.75) is 31.0 Å². The summed E-state index contributed by atoms with van der Waals surface area (Å²) < 4.78 is 5.27. The van der Waals surface area contributed by atoms with Gasteiger partial charge < -0.3 is 10.2 Å². The van der Waals surface area contributed by atoms with Crippen molar-refractivity contribution in [3.8, 4) is 0 Å². The van der Waals surface area contributed by atoms with Crippen LogP contribution in [0.3, 0.4) is 0 Å².